The molecule has 0 radical (unpaired) electrons. The molecule has 1 heterocycles. The summed E-state index contributed by atoms with van der Waals surface area (Å²) in [6.45, 7) is 2.36. The molecular formula is C11H16F3N3O. The summed E-state index contributed by atoms with van der Waals surface area (Å²) >= 11 is 0. The van der Waals surface area contributed by atoms with Gasteiger partial charge in [-0.05, 0) is 31.6 Å². The third kappa shape index (κ3) is 2.36. The molecule has 2 rings (SSSR count). The van der Waals surface area contributed by atoms with Crippen LogP contribution in [-0.4, -0.2) is 16.7 Å². The number of hydrogen-bond acceptors (Lipinski definition) is 4. The molecule has 2 N–H and O–H groups in total. The normalized spacial score (nSPS) is 29.5. The van der Waals surface area contributed by atoms with Gasteiger partial charge < -0.3 is 10.3 Å². The van der Waals surface area contributed by atoms with Crippen molar-refractivity contribution in [1.82, 2.24) is 10.1 Å². The summed E-state index contributed by atoms with van der Waals surface area (Å²) in [6.07, 6.45) is -1.34. The Labute approximate surface area is 103 Å². The third-order valence-corrected chi connectivity index (χ3v) is 3.76. The van der Waals surface area contributed by atoms with Crippen molar-refractivity contribution in [3.05, 3.63) is 11.7 Å². The van der Waals surface area contributed by atoms with E-state index in [9.17, 15) is 13.2 Å². The molecule has 1 aromatic heterocycles. The lowest BCUT2D eigenvalue weighted by Gasteiger charge is -2.35. The van der Waals surface area contributed by atoms with Crippen LogP contribution in [0.4, 0.5) is 13.2 Å². The molecule has 4 nitrogen and oxygen atoms in total. The highest BCUT2D eigenvalue weighted by molar-refractivity contribution is 5.09. The van der Waals surface area contributed by atoms with Crippen molar-refractivity contribution >= 4 is 0 Å². The van der Waals surface area contributed by atoms with E-state index < -0.39 is 17.4 Å². The van der Waals surface area contributed by atoms with Gasteiger partial charge in [-0.2, -0.15) is 18.2 Å². The minimum Gasteiger partial charge on any atom is -0.338 e. The minimum atomic E-state index is -4.57. The molecule has 18 heavy (non-hydrogen) atoms. The van der Waals surface area contributed by atoms with Gasteiger partial charge in [-0.25, -0.2) is 0 Å². The maximum atomic E-state index is 12.4. The zero-order valence-corrected chi connectivity index (χ0v) is 10.1. The van der Waals surface area contributed by atoms with Crippen molar-refractivity contribution in [2.24, 2.45) is 11.7 Å². The molecule has 1 aliphatic carbocycles. The summed E-state index contributed by atoms with van der Waals surface area (Å²) < 4.78 is 42.1. The highest BCUT2D eigenvalue weighted by Crippen LogP contribution is 2.40. The number of nitrogens with zero attached hydrogens (tertiary/aromatic N) is 2. The first-order valence-corrected chi connectivity index (χ1v) is 5.99. The monoisotopic (exact) mass is 263 g/mol. The number of nitrogens with two attached hydrogens (primary N) is 1. The second-order valence-electron chi connectivity index (χ2n) is 5.09. The molecule has 0 aromatic carbocycles. The molecule has 0 aliphatic heterocycles. The van der Waals surface area contributed by atoms with E-state index in [-0.39, 0.29) is 12.4 Å². The topological polar surface area (TPSA) is 64.9 Å². The van der Waals surface area contributed by atoms with E-state index in [2.05, 4.69) is 17.1 Å². The molecule has 0 saturated heterocycles. The molecule has 7 heteroatoms. The van der Waals surface area contributed by atoms with Crippen LogP contribution in [0.2, 0.25) is 0 Å². The lowest BCUT2D eigenvalue weighted by molar-refractivity contribution is -0.146. The maximum absolute atomic E-state index is 12.4. The van der Waals surface area contributed by atoms with Gasteiger partial charge >= 0.3 is 6.18 Å². The van der Waals surface area contributed by atoms with Gasteiger partial charge in [0.2, 0.25) is 5.89 Å². The highest BCUT2D eigenvalue weighted by Gasteiger charge is 2.43. The quantitative estimate of drug-likeness (QED) is 0.890. The van der Waals surface area contributed by atoms with Crippen LogP contribution in [0.5, 0.6) is 0 Å². The van der Waals surface area contributed by atoms with Crippen LogP contribution < -0.4 is 5.73 Å². The smallest absolute Gasteiger partial charge is 0.338 e. The summed E-state index contributed by atoms with van der Waals surface area (Å²) in [4.78, 5) is 3.49. The zero-order valence-electron chi connectivity index (χ0n) is 10.1. The van der Waals surface area contributed by atoms with Crippen molar-refractivity contribution in [2.75, 3.05) is 6.54 Å². The van der Waals surface area contributed by atoms with Gasteiger partial charge in [0.25, 0.3) is 5.82 Å². The van der Waals surface area contributed by atoms with Crippen LogP contribution in [0.15, 0.2) is 4.52 Å². The highest BCUT2D eigenvalue weighted by atomic mass is 19.4. The van der Waals surface area contributed by atoms with Crippen molar-refractivity contribution in [1.29, 1.82) is 0 Å². The van der Waals surface area contributed by atoms with Gasteiger partial charge in [-0.1, -0.05) is 12.1 Å². The Balaban J connectivity index is 2.25. The van der Waals surface area contributed by atoms with Crippen LogP contribution in [0.3, 0.4) is 0 Å². The summed E-state index contributed by atoms with van der Waals surface area (Å²) in [5.74, 6) is -0.622. The second-order valence-corrected chi connectivity index (χ2v) is 5.09. The summed E-state index contributed by atoms with van der Waals surface area (Å²) in [5, 5.41) is 3.01. The first kappa shape index (κ1) is 13.3. The molecule has 0 atom stereocenters. The molecule has 0 amide bonds. The van der Waals surface area contributed by atoms with Gasteiger partial charge in [0.1, 0.15) is 0 Å². The SMILES string of the molecule is CC1CCC(CN)(c2nc(C(F)(F)F)no2)CC1. The molecule has 1 aromatic rings. The number of aromatic nitrogens is 2. The maximum Gasteiger partial charge on any atom is 0.455 e. The fourth-order valence-corrected chi connectivity index (χ4v) is 2.37. The number of alkyl halides is 3. The summed E-state index contributed by atoms with van der Waals surface area (Å²) in [7, 11) is 0. The lowest BCUT2D eigenvalue weighted by Crippen LogP contribution is -2.39. The Morgan fingerprint density at radius 2 is 2.00 bits per heavy atom. The van der Waals surface area contributed by atoms with Crippen LogP contribution in [0.1, 0.15) is 44.3 Å². The first-order chi connectivity index (χ1) is 8.37. The van der Waals surface area contributed by atoms with Gasteiger partial charge in [0.15, 0.2) is 0 Å². The van der Waals surface area contributed by atoms with Crippen molar-refractivity contribution in [3.63, 3.8) is 0 Å². The van der Waals surface area contributed by atoms with E-state index in [1.165, 1.54) is 0 Å². The Morgan fingerprint density at radius 3 is 2.44 bits per heavy atom. The van der Waals surface area contributed by atoms with Gasteiger partial charge in [-0.3, -0.25) is 0 Å². The largest absolute Gasteiger partial charge is 0.455 e. The molecule has 0 spiro atoms. The number of halogens is 3. The molecule has 0 unspecified atom stereocenters. The second kappa shape index (κ2) is 4.53. The molecule has 0 bridgehead atoms. The Morgan fingerprint density at radius 1 is 1.39 bits per heavy atom. The predicted molar refractivity (Wildman–Crippen MR) is 57.7 cm³/mol. The summed E-state index contributed by atoms with van der Waals surface area (Å²) in [6, 6.07) is 0. The molecule has 102 valence electrons. The lowest BCUT2D eigenvalue weighted by atomic mass is 9.71. The average molecular weight is 263 g/mol. The van der Waals surface area contributed by atoms with Gasteiger partial charge in [0, 0.05) is 6.54 Å². The van der Waals surface area contributed by atoms with E-state index in [1.54, 1.807) is 0 Å². The molecular weight excluding hydrogens is 247 g/mol. The van der Waals surface area contributed by atoms with E-state index in [0.717, 1.165) is 12.8 Å². The van der Waals surface area contributed by atoms with Crippen LogP contribution in [0, 0.1) is 5.92 Å². The fraction of sp³-hybridized carbons (Fsp3) is 0.818. The summed E-state index contributed by atoms with van der Waals surface area (Å²) in [5.41, 5.74) is 5.14. The van der Waals surface area contributed by atoms with Crippen LogP contribution in [-0.2, 0) is 11.6 Å². The fourth-order valence-electron chi connectivity index (χ4n) is 2.37. The van der Waals surface area contributed by atoms with E-state index in [0.29, 0.717) is 18.8 Å². The van der Waals surface area contributed by atoms with Crippen LogP contribution >= 0.6 is 0 Å². The first-order valence-electron chi connectivity index (χ1n) is 5.99. The molecule has 1 fully saturated rings. The van der Waals surface area contributed by atoms with E-state index in [1.807, 2.05) is 0 Å². The van der Waals surface area contributed by atoms with Crippen molar-refractivity contribution in [2.45, 2.75) is 44.2 Å². The van der Waals surface area contributed by atoms with Gasteiger partial charge in [-0.15, -0.1) is 0 Å². The number of hydrogen-bond donors (Lipinski definition) is 1. The van der Waals surface area contributed by atoms with Crippen molar-refractivity contribution < 1.29 is 17.7 Å². The molecule has 1 saturated carbocycles. The average Bonchev–Trinajstić information content (AvgIpc) is 2.80. The number of rotatable bonds is 2. The third-order valence-electron chi connectivity index (χ3n) is 3.76. The van der Waals surface area contributed by atoms with Crippen LogP contribution in [0.25, 0.3) is 0 Å². The zero-order chi connectivity index (χ0) is 13.4. The Bertz CT molecular complexity index is 408. The predicted octanol–water partition coefficient (Wildman–Crippen LogP) is 2.50. The minimum absolute atomic E-state index is 0.0317. The van der Waals surface area contributed by atoms with Gasteiger partial charge in [0.05, 0.1) is 5.41 Å². The van der Waals surface area contributed by atoms with Crippen molar-refractivity contribution in [3.8, 4) is 0 Å². The Hall–Kier alpha value is -1.11. The standard InChI is InChI=1S/C11H16F3N3O/c1-7-2-4-10(6-15,5-3-7)9-16-8(17-18-9)11(12,13)14/h7H,2-6,15H2,1H3. The van der Waals surface area contributed by atoms with E-state index in [4.69, 9.17) is 10.3 Å². The molecule has 1 aliphatic rings. The van der Waals surface area contributed by atoms with E-state index >= 15 is 0 Å². The Kier molecular flexibility index (Phi) is 3.35.